The molecule has 1 saturated heterocycles. The summed E-state index contributed by atoms with van der Waals surface area (Å²) in [6.45, 7) is 2.31. The Kier molecular flexibility index (Phi) is 5.50. The molecule has 0 saturated carbocycles. The first-order valence-corrected chi connectivity index (χ1v) is 10.7. The van der Waals surface area contributed by atoms with Crippen molar-refractivity contribution in [2.75, 3.05) is 24.6 Å². The zero-order valence-corrected chi connectivity index (χ0v) is 16.4. The van der Waals surface area contributed by atoms with E-state index in [1.165, 1.54) is 17.8 Å². The minimum atomic E-state index is -0.212. The molecular formula is C20H25FN4OS. The molecular weight excluding hydrogens is 363 g/mol. The molecule has 7 heteroatoms. The maximum atomic E-state index is 13.1. The van der Waals surface area contributed by atoms with Gasteiger partial charge in [-0.15, -0.1) is 0 Å². The van der Waals surface area contributed by atoms with Crippen molar-refractivity contribution in [1.29, 1.82) is 0 Å². The summed E-state index contributed by atoms with van der Waals surface area (Å²) in [7, 11) is 1.94. The van der Waals surface area contributed by atoms with Gasteiger partial charge in [0.25, 0.3) is 5.91 Å². The number of fused-ring (bicyclic) bond motifs is 1. The third-order valence-electron chi connectivity index (χ3n) is 5.46. The number of nitrogens with one attached hydrogen (secondary N) is 1. The van der Waals surface area contributed by atoms with E-state index in [4.69, 9.17) is 0 Å². The van der Waals surface area contributed by atoms with Gasteiger partial charge in [-0.25, -0.2) is 4.39 Å². The normalized spacial score (nSPS) is 19.8. The fourth-order valence-corrected chi connectivity index (χ4v) is 4.82. The molecule has 0 radical (unpaired) electrons. The van der Waals surface area contributed by atoms with E-state index in [-0.39, 0.29) is 11.7 Å². The van der Waals surface area contributed by atoms with Gasteiger partial charge in [0.15, 0.2) is 5.69 Å². The number of nitrogens with zero attached hydrogens (tertiary/aromatic N) is 3. The Labute approximate surface area is 163 Å². The van der Waals surface area contributed by atoms with E-state index in [0.717, 1.165) is 55.0 Å². The molecule has 1 atom stereocenters. The Morgan fingerprint density at radius 3 is 2.78 bits per heavy atom. The first-order chi connectivity index (χ1) is 13.1. The number of aryl methyl sites for hydroxylation is 1. The average Bonchev–Trinajstić information content (AvgIpc) is 3.04. The van der Waals surface area contributed by atoms with Crippen LogP contribution in [0.2, 0.25) is 0 Å². The lowest BCUT2D eigenvalue weighted by molar-refractivity contribution is 0.0764. The van der Waals surface area contributed by atoms with Crippen molar-refractivity contribution in [3.05, 3.63) is 52.6 Å². The van der Waals surface area contributed by atoms with Crippen LogP contribution in [0.25, 0.3) is 0 Å². The monoisotopic (exact) mass is 388 g/mol. The largest absolute Gasteiger partial charge is 0.336 e. The highest BCUT2D eigenvalue weighted by Gasteiger charge is 2.30. The second-order valence-corrected chi connectivity index (χ2v) is 8.47. The molecule has 1 aliphatic carbocycles. The molecule has 2 aliphatic rings. The summed E-state index contributed by atoms with van der Waals surface area (Å²) < 4.78 is 14.9. The van der Waals surface area contributed by atoms with Crippen LogP contribution in [0.15, 0.2) is 24.3 Å². The number of amides is 1. The highest BCUT2D eigenvalue weighted by atomic mass is 32.2. The van der Waals surface area contributed by atoms with Gasteiger partial charge < -0.3 is 10.2 Å². The lowest BCUT2D eigenvalue weighted by Crippen LogP contribution is -2.39. The predicted octanol–water partition coefficient (Wildman–Crippen LogP) is 2.40. The van der Waals surface area contributed by atoms with Crippen molar-refractivity contribution in [3.8, 4) is 0 Å². The Balaban J connectivity index is 1.46. The molecule has 0 spiro atoms. The van der Waals surface area contributed by atoms with Crippen molar-refractivity contribution < 1.29 is 9.18 Å². The van der Waals surface area contributed by atoms with Crippen LogP contribution >= 0.6 is 11.8 Å². The Bertz CT molecular complexity index is 814. The van der Waals surface area contributed by atoms with Crippen molar-refractivity contribution >= 4 is 17.7 Å². The zero-order chi connectivity index (χ0) is 18.8. The number of carbonyl (C=O) groups excluding carboxylic acids is 1. The highest BCUT2D eigenvalue weighted by Crippen LogP contribution is 2.26. The third kappa shape index (κ3) is 4.04. The Morgan fingerprint density at radius 2 is 2.04 bits per heavy atom. The fraction of sp³-hybridized carbons (Fsp3) is 0.500. The number of benzene rings is 1. The van der Waals surface area contributed by atoms with Gasteiger partial charge in [-0.05, 0) is 37.0 Å². The van der Waals surface area contributed by atoms with Crippen LogP contribution in [-0.4, -0.2) is 51.2 Å². The topological polar surface area (TPSA) is 50.2 Å². The summed E-state index contributed by atoms with van der Waals surface area (Å²) in [5.74, 6) is 1.87. The van der Waals surface area contributed by atoms with Crippen LogP contribution in [0.5, 0.6) is 0 Å². The number of rotatable bonds is 4. The predicted molar refractivity (Wildman–Crippen MR) is 105 cm³/mol. The molecule has 1 amide bonds. The number of thioether (sulfide) groups is 1. The van der Waals surface area contributed by atoms with Crippen LogP contribution in [-0.2, 0) is 26.4 Å². The quantitative estimate of drug-likeness (QED) is 0.874. The van der Waals surface area contributed by atoms with E-state index in [1.807, 2.05) is 40.5 Å². The van der Waals surface area contributed by atoms with Crippen LogP contribution in [0, 0.1) is 5.82 Å². The Hall–Kier alpha value is -1.86. The van der Waals surface area contributed by atoms with Gasteiger partial charge in [-0.2, -0.15) is 16.9 Å². The van der Waals surface area contributed by atoms with Gasteiger partial charge in [-0.1, -0.05) is 12.1 Å². The van der Waals surface area contributed by atoms with Gasteiger partial charge in [0.2, 0.25) is 0 Å². The molecule has 1 N–H and O–H groups in total. The lowest BCUT2D eigenvalue weighted by Gasteiger charge is -2.27. The van der Waals surface area contributed by atoms with Gasteiger partial charge in [0.1, 0.15) is 5.82 Å². The molecule has 0 bridgehead atoms. The van der Waals surface area contributed by atoms with E-state index in [0.29, 0.717) is 18.3 Å². The van der Waals surface area contributed by atoms with Crippen molar-refractivity contribution in [2.45, 2.75) is 31.8 Å². The second-order valence-electron chi connectivity index (χ2n) is 7.25. The maximum absolute atomic E-state index is 13.1. The van der Waals surface area contributed by atoms with Gasteiger partial charge in [0, 0.05) is 55.5 Å². The molecule has 27 heavy (non-hydrogen) atoms. The minimum Gasteiger partial charge on any atom is -0.336 e. The highest BCUT2D eigenvalue weighted by molar-refractivity contribution is 7.99. The van der Waals surface area contributed by atoms with E-state index in [2.05, 4.69) is 10.4 Å². The molecule has 1 aromatic carbocycles. The number of hydrogen-bond acceptors (Lipinski definition) is 4. The first kappa shape index (κ1) is 18.5. The number of halogens is 1. The van der Waals surface area contributed by atoms with E-state index in [1.54, 1.807) is 0 Å². The van der Waals surface area contributed by atoms with Gasteiger partial charge in [-0.3, -0.25) is 9.48 Å². The second kappa shape index (κ2) is 8.02. The van der Waals surface area contributed by atoms with Crippen LogP contribution < -0.4 is 5.32 Å². The summed E-state index contributed by atoms with van der Waals surface area (Å²) in [6, 6.07) is 6.90. The fourth-order valence-electron chi connectivity index (χ4n) is 3.92. The van der Waals surface area contributed by atoms with Crippen LogP contribution in [0.1, 0.15) is 33.7 Å². The van der Waals surface area contributed by atoms with E-state index in [9.17, 15) is 9.18 Å². The van der Waals surface area contributed by atoms with E-state index < -0.39 is 0 Å². The molecule has 1 aromatic heterocycles. The number of aromatic nitrogens is 2. The molecule has 1 aliphatic heterocycles. The summed E-state index contributed by atoms with van der Waals surface area (Å²) in [5.41, 5.74) is 3.98. The van der Waals surface area contributed by atoms with Crippen molar-refractivity contribution in [1.82, 2.24) is 20.0 Å². The van der Waals surface area contributed by atoms with E-state index >= 15 is 0 Å². The number of carbonyl (C=O) groups is 1. The standard InChI is InChI=1S/C20H25FN4OS/c1-24-18-7-6-16(22-13-14-2-4-15(21)5-3-14)12-17(18)19(23-24)20(26)25-8-10-27-11-9-25/h2-5,16,22H,6-13H2,1H3. The van der Waals surface area contributed by atoms with Crippen molar-refractivity contribution in [3.63, 3.8) is 0 Å². The summed E-state index contributed by atoms with van der Waals surface area (Å²) in [6.07, 6.45) is 2.75. The zero-order valence-electron chi connectivity index (χ0n) is 15.6. The SMILES string of the molecule is Cn1nc(C(=O)N2CCSCC2)c2c1CCC(NCc1ccc(F)cc1)C2. The molecule has 144 valence electrons. The molecule has 2 heterocycles. The third-order valence-corrected chi connectivity index (χ3v) is 6.41. The molecule has 5 nitrogen and oxygen atoms in total. The Morgan fingerprint density at radius 1 is 1.30 bits per heavy atom. The smallest absolute Gasteiger partial charge is 0.274 e. The average molecular weight is 389 g/mol. The maximum Gasteiger partial charge on any atom is 0.274 e. The lowest BCUT2D eigenvalue weighted by atomic mass is 9.91. The molecule has 1 fully saturated rings. The van der Waals surface area contributed by atoms with Crippen LogP contribution in [0.3, 0.4) is 0 Å². The number of hydrogen-bond donors (Lipinski definition) is 1. The van der Waals surface area contributed by atoms with Gasteiger partial charge >= 0.3 is 0 Å². The van der Waals surface area contributed by atoms with Gasteiger partial charge in [0.05, 0.1) is 0 Å². The van der Waals surface area contributed by atoms with Crippen molar-refractivity contribution in [2.24, 2.45) is 7.05 Å². The molecule has 4 rings (SSSR count). The minimum absolute atomic E-state index is 0.0753. The summed E-state index contributed by atoms with van der Waals surface area (Å²) in [4.78, 5) is 14.9. The summed E-state index contributed by atoms with van der Waals surface area (Å²) in [5, 5.41) is 8.14. The first-order valence-electron chi connectivity index (χ1n) is 9.51. The molecule has 2 aromatic rings. The summed E-state index contributed by atoms with van der Waals surface area (Å²) >= 11 is 1.90. The van der Waals surface area contributed by atoms with Crippen LogP contribution in [0.4, 0.5) is 4.39 Å². The molecule has 1 unspecified atom stereocenters.